The molecule has 3 nitrogen and oxygen atoms in total. The number of alkyl halides is 1. The van der Waals surface area contributed by atoms with Crippen LogP contribution in [-0.4, -0.2) is 9.97 Å². The highest BCUT2D eigenvalue weighted by atomic mass is 32.1. The summed E-state index contributed by atoms with van der Waals surface area (Å²) in [6, 6.07) is 38.6. The second-order valence-electron chi connectivity index (χ2n) is 11.5. The van der Waals surface area contributed by atoms with Gasteiger partial charge in [0.1, 0.15) is 5.82 Å². The van der Waals surface area contributed by atoms with Gasteiger partial charge in [-0.15, -0.1) is 11.3 Å². The highest BCUT2D eigenvalue weighted by molar-refractivity contribution is 7.26. The van der Waals surface area contributed by atoms with Crippen LogP contribution in [0, 0.1) is 0 Å². The molecule has 8 rings (SSSR count). The van der Waals surface area contributed by atoms with Crippen LogP contribution in [0.1, 0.15) is 42.3 Å². The molecule has 1 unspecified atom stereocenters. The number of pyridine rings is 2. The summed E-state index contributed by atoms with van der Waals surface area (Å²) in [5.74, 6) is 0.809. The fourth-order valence-corrected chi connectivity index (χ4v) is 7.91. The summed E-state index contributed by atoms with van der Waals surface area (Å²) in [5.41, 5.74) is 7.13. The maximum Gasteiger partial charge on any atom is 0.152 e. The Kier molecular flexibility index (Phi) is 5.92. The highest BCUT2D eigenvalue weighted by Gasteiger charge is 2.40. The summed E-state index contributed by atoms with van der Waals surface area (Å²) < 4.78 is 19.3. The Morgan fingerprint density at radius 3 is 2.33 bits per heavy atom. The number of para-hydroxylation sites is 1. The molecule has 3 aromatic heterocycles. The lowest BCUT2D eigenvalue weighted by Gasteiger charge is -2.42. The number of nitrogens with zero attached hydrogens (tertiary/aromatic N) is 3. The predicted molar refractivity (Wildman–Crippen MR) is 177 cm³/mol. The van der Waals surface area contributed by atoms with E-state index in [9.17, 15) is 0 Å². The zero-order valence-corrected chi connectivity index (χ0v) is 24.6. The van der Waals surface area contributed by atoms with E-state index in [1.807, 2.05) is 66.9 Å². The van der Waals surface area contributed by atoms with Crippen molar-refractivity contribution in [1.29, 1.82) is 0 Å². The number of aromatic nitrogens is 2. The highest BCUT2D eigenvalue weighted by Crippen LogP contribution is 2.57. The van der Waals surface area contributed by atoms with Gasteiger partial charge in [0.25, 0.3) is 0 Å². The zero-order chi connectivity index (χ0) is 29.1. The van der Waals surface area contributed by atoms with Crippen LogP contribution in [0.5, 0.6) is 0 Å². The molecule has 0 N–H and O–H groups in total. The van der Waals surface area contributed by atoms with Gasteiger partial charge in [-0.25, -0.2) is 9.37 Å². The lowest BCUT2D eigenvalue weighted by atomic mass is 9.71. The van der Waals surface area contributed by atoms with E-state index in [2.05, 4.69) is 78.3 Å². The molecule has 1 aliphatic heterocycles. The summed E-state index contributed by atoms with van der Waals surface area (Å²) in [4.78, 5) is 11.5. The Morgan fingerprint density at radius 2 is 1.51 bits per heavy atom. The van der Waals surface area contributed by atoms with Crippen LogP contribution in [0.2, 0.25) is 0 Å². The van der Waals surface area contributed by atoms with Gasteiger partial charge in [-0.3, -0.25) is 9.88 Å². The summed E-state index contributed by atoms with van der Waals surface area (Å²) in [5, 5.41) is 2.28. The standard InChI is InChI=1S/C38H28FN3S/c1-38(2)28-15-4-5-17-30(28)42(33-19-8-10-21-41-33)31-23-27(37-34(35(31)38)26-14-3-6-18-32(26)43-37)36(39)25-13-11-12-24(22-25)29-16-7-9-20-40-29/h3-23,36H,1-2H3. The molecule has 0 aliphatic carbocycles. The lowest BCUT2D eigenvalue weighted by Crippen LogP contribution is -2.31. The normalized spacial score (nSPS) is 14.4. The van der Waals surface area contributed by atoms with Gasteiger partial charge in [0, 0.05) is 49.1 Å². The number of thiophene rings is 1. The topological polar surface area (TPSA) is 29.0 Å². The lowest BCUT2D eigenvalue weighted by molar-refractivity contribution is 0.405. The molecule has 0 amide bonds. The van der Waals surface area contributed by atoms with E-state index in [-0.39, 0.29) is 5.41 Å². The minimum absolute atomic E-state index is 0.331. The molecule has 5 heteroatoms. The van der Waals surface area contributed by atoms with Crippen molar-refractivity contribution in [3.05, 3.63) is 150 Å². The number of halogens is 1. The third-order valence-electron chi connectivity index (χ3n) is 8.63. The van der Waals surface area contributed by atoms with Gasteiger partial charge in [-0.1, -0.05) is 80.6 Å². The van der Waals surface area contributed by atoms with Crippen molar-refractivity contribution in [2.75, 3.05) is 4.90 Å². The predicted octanol–water partition coefficient (Wildman–Crippen LogP) is 10.7. The number of fused-ring (bicyclic) bond motifs is 6. The quantitative estimate of drug-likeness (QED) is 0.208. The van der Waals surface area contributed by atoms with Crippen molar-refractivity contribution < 1.29 is 4.39 Å². The van der Waals surface area contributed by atoms with Gasteiger partial charge >= 0.3 is 0 Å². The molecule has 7 aromatic rings. The molecule has 0 bridgehead atoms. The van der Waals surface area contributed by atoms with Gasteiger partial charge in [0.05, 0.1) is 17.1 Å². The van der Waals surface area contributed by atoms with Gasteiger partial charge in [0.2, 0.25) is 0 Å². The van der Waals surface area contributed by atoms with Crippen molar-refractivity contribution in [3.63, 3.8) is 0 Å². The summed E-state index contributed by atoms with van der Waals surface area (Å²) in [6.07, 6.45) is 2.25. The first-order chi connectivity index (χ1) is 21.0. The van der Waals surface area contributed by atoms with E-state index < -0.39 is 6.17 Å². The van der Waals surface area contributed by atoms with Crippen molar-refractivity contribution in [1.82, 2.24) is 9.97 Å². The molecule has 43 heavy (non-hydrogen) atoms. The van der Waals surface area contributed by atoms with Crippen LogP contribution in [0.25, 0.3) is 31.4 Å². The van der Waals surface area contributed by atoms with Crippen molar-refractivity contribution in [2.24, 2.45) is 0 Å². The number of hydrogen-bond acceptors (Lipinski definition) is 4. The Morgan fingerprint density at radius 1 is 0.744 bits per heavy atom. The summed E-state index contributed by atoms with van der Waals surface area (Å²) in [6.45, 7) is 4.57. The number of rotatable bonds is 4. The first-order valence-corrected chi connectivity index (χ1v) is 15.3. The van der Waals surface area contributed by atoms with Gasteiger partial charge in [-0.05, 0) is 65.2 Å². The second-order valence-corrected chi connectivity index (χ2v) is 12.6. The third-order valence-corrected chi connectivity index (χ3v) is 9.85. The van der Waals surface area contributed by atoms with E-state index in [4.69, 9.17) is 4.98 Å². The molecule has 0 radical (unpaired) electrons. The third kappa shape index (κ3) is 3.99. The van der Waals surface area contributed by atoms with Crippen LogP contribution < -0.4 is 4.90 Å². The van der Waals surface area contributed by atoms with E-state index in [0.29, 0.717) is 11.1 Å². The van der Waals surface area contributed by atoms with Crippen LogP contribution in [-0.2, 0) is 5.41 Å². The number of benzene rings is 4. The molecule has 0 saturated carbocycles. The molecule has 1 aliphatic rings. The maximum absolute atomic E-state index is 17.2. The van der Waals surface area contributed by atoms with E-state index in [0.717, 1.165) is 48.6 Å². The Hall–Kier alpha value is -4.87. The van der Waals surface area contributed by atoms with Crippen LogP contribution >= 0.6 is 11.3 Å². The first-order valence-electron chi connectivity index (χ1n) is 14.5. The SMILES string of the molecule is CC1(C)c2ccccc2N(c2ccccn2)c2cc(C(F)c3cccc(-c4ccccn4)c3)c3sc4ccccc4c3c21. The fraction of sp³-hybridized carbons (Fsp3) is 0.105. The number of hydrogen-bond donors (Lipinski definition) is 0. The zero-order valence-electron chi connectivity index (χ0n) is 23.8. The van der Waals surface area contributed by atoms with E-state index >= 15 is 4.39 Å². The molecule has 208 valence electrons. The fourth-order valence-electron chi connectivity index (χ4n) is 6.67. The van der Waals surface area contributed by atoms with Crippen LogP contribution in [0.15, 0.2) is 128 Å². The summed E-state index contributed by atoms with van der Waals surface area (Å²) in [7, 11) is 0. The van der Waals surface area contributed by atoms with Crippen molar-refractivity contribution in [3.8, 4) is 11.3 Å². The molecule has 4 heterocycles. The Labute approximate surface area is 253 Å². The minimum atomic E-state index is -1.34. The van der Waals surface area contributed by atoms with E-state index in [1.54, 1.807) is 17.5 Å². The van der Waals surface area contributed by atoms with Crippen LogP contribution in [0.4, 0.5) is 21.6 Å². The molecular weight excluding hydrogens is 550 g/mol. The maximum atomic E-state index is 17.2. The molecular formula is C38H28FN3S. The monoisotopic (exact) mass is 577 g/mol. The molecule has 1 atom stereocenters. The first kappa shape index (κ1) is 25.8. The van der Waals surface area contributed by atoms with E-state index in [1.165, 1.54) is 11.1 Å². The van der Waals surface area contributed by atoms with Crippen molar-refractivity contribution >= 4 is 48.7 Å². The van der Waals surface area contributed by atoms with Gasteiger partial charge in [0.15, 0.2) is 6.17 Å². The smallest absolute Gasteiger partial charge is 0.152 e. The Bertz CT molecular complexity index is 2140. The minimum Gasteiger partial charge on any atom is -0.294 e. The molecule has 0 saturated heterocycles. The largest absolute Gasteiger partial charge is 0.294 e. The molecule has 4 aromatic carbocycles. The number of anilines is 3. The van der Waals surface area contributed by atoms with Gasteiger partial charge in [-0.2, -0.15) is 0 Å². The average Bonchev–Trinajstić information content (AvgIpc) is 3.44. The van der Waals surface area contributed by atoms with Crippen LogP contribution in [0.3, 0.4) is 0 Å². The summed E-state index contributed by atoms with van der Waals surface area (Å²) >= 11 is 1.68. The molecule has 0 fully saturated rings. The molecule has 0 spiro atoms. The van der Waals surface area contributed by atoms with Crippen molar-refractivity contribution in [2.45, 2.75) is 25.4 Å². The average molecular weight is 578 g/mol. The van der Waals surface area contributed by atoms with Gasteiger partial charge < -0.3 is 0 Å². The second kappa shape index (κ2) is 9.85. The Balaban J connectivity index is 1.44.